The summed E-state index contributed by atoms with van der Waals surface area (Å²) in [5.74, 6) is -0.730. The quantitative estimate of drug-likeness (QED) is 0.651. The molecule has 1 unspecified atom stereocenters. The summed E-state index contributed by atoms with van der Waals surface area (Å²) in [5, 5.41) is 11.6. The van der Waals surface area contributed by atoms with Crippen LogP contribution in [0.5, 0.6) is 0 Å². The second-order valence-electron chi connectivity index (χ2n) is 7.50. The molecule has 2 aromatic rings. The average Bonchev–Trinajstić information content (AvgIpc) is 3.51. The number of rotatable bonds is 7. The minimum absolute atomic E-state index is 0.0370. The number of hydrogen-bond acceptors (Lipinski definition) is 5. The fourth-order valence-corrected chi connectivity index (χ4v) is 3.32. The molecule has 30 heavy (non-hydrogen) atoms. The molecule has 4 N–H and O–H groups in total. The SMILES string of the molecule is NC(=O)C1CC(C(=O)NCc2cccc(NC(=O)C3CC3)c2)=NN1c1ccccc1. The third kappa shape index (κ3) is 4.48. The van der Waals surface area contributed by atoms with Crippen molar-refractivity contribution in [3.05, 3.63) is 60.2 Å². The van der Waals surface area contributed by atoms with Gasteiger partial charge in [0.2, 0.25) is 11.8 Å². The maximum absolute atomic E-state index is 12.6. The van der Waals surface area contributed by atoms with E-state index in [1.54, 1.807) is 0 Å². The Kier molecular flexibility index (Phi) is 5.47. The molecule has 1 saturated carbocycles. The maximum Gasteiger partial charge on any atom is 0.267 e. The van der Waals surface area contributed by atoms with Gasteiger partial charge in [-0.1, -0.05) is 30.3 Å². The van der Waals surface area contributed by atoms with E-state index in [2.05, 4.69) is 15.7 Å². The summed E-state index contributed by atoms with van der Waals surface area (Å²) in [6.07, 6.45) is 2.03. The van der Waals surface area contributed by atoms with Crippen molar-refractivity contribution < 1.29 is 14.4 Å². The van der Waals surface area contributed by atoms with Gasteiger partial charge in [-0.25, -0.2) is 0 Å². The van der Waals surface area contributed by atoms with Crippen LogP contribution in [-0.2, 0) is 20.9 Å². The van der Waals surface area contributed by atoms with Gasteiger partial charge < -0.3 is 16.4 Å². The number of primary amides is 1. The molecule has 2 aliphatic rings. The van der Waals surface area contributed by atoms with Crippen LogP contribution in [0.2, 0.25) is 0 Å². The van der Waals surface area contributed by atoms with Gasteiger partial charge >= 0.3 is 0 Å². The Balaban J connectivity index is 1.40. The van der Waals surface area contributed by atoms with Crippen LogP contribution >= 0.6 is 0 Å². The molecule has 0 saturated heterocycles. The van der Waals surface area contributed by atoms with Crippen molar-refractivity contribution in [2.75, 3.05) is 10.3 Å². The Hall–Kier alpha value is -3.68. The minimum atomic E-state index is -0.700. The molecule has 2 aromatic carbocycles. The Bertz CT molecular complexity index is 1000. The van der Waals surface area contributed by atoms with Crippen LogP contribution in [0, 0.1) is 5.92 Å². The van der Waals surface area contributed by atoms with E-state index < -0.39 is 11.9 Å². The average molecular weight is 405 g/mol. The smallest absolute Gasteiger partial charge is 0.267 e. The van der Waals surface area contributed by atoms with Crippen molar-refractivity contribution in [1.82, 2.24) is 5.32 Å². The Morgan fingerprint density at radius 3 is 2.53 bits per heavy atom. The predicted molar refractivity (Wildman–Crippen MR) is 114 cm³/mol. The van der Waals surface area contributed by atoms with E-state index in [4.69, 9.17) is 5.73 Å². The number of carbonyl (C=O) groups excluding carboxylic acids is 3. The van der Waals surface area contributed by atoms with E-state index in [9.17, 15) is 14.4 Å². The highest BCUT2D eigenvalue weighted by atomic mass is 16.2. The van der Waals surface area contributed by atoms with Crippen molar-refractivity contribution in [1.29, 1.82) is 0 Å². The van der Waals surface area contributed by atoms with Gasteiger partial charge in [0, 0.05) is 24.6 Å². The summed E-state index contributed by atoms with van der Waals surface area (Å²) >= 11 is 0. The van der Waals surface area contributed by atoms with Crippen LogP contribution < -0.4 is 21.4 Å². The molecule has 0 aromatic heterocycles. The predicted octanol–water partition coefficient (Wildman–Crippen LogP) is 1.77. The van der Waals surface area contributed by atoms with Gasteiger partial charge in [-0.05, 0) is 42.7 Å². The van der Waals surface area contributed by atoms with Gasteiger partial charge in [0.1, 0.15) is 11.8 Å². The number of anilines is 2. The summed E-state index contributed by atoms with van der Waals surface area (Å²) in [4.78, 5) is 36.4. The molecule has 1 fully saturated rings. The maximum atomic E-state index is 12.6. The Morgan fingerprint density at radius 2 is 1.83 bits per heavy atom. The lowest BCUT2D eigenvalue weighted by Crippen LogP contribution is -2.39. The van der Waals surface area contributed by atoms with E-state index >= 15 is 0 Å². The highest BCUT2D eigenvalue weighted by Crippen LogP contribution is 2.30. The normalized spacial score (nSPS) is 17.9. The van der Waals surface area contributed by atoms with Crippen LogP contribution in [0.15, 0.2) is 59.7 Å². The van der Waals surface area contributed by atoms with Gasteiger partial charge in [0.25, 0.3) is 5.91 Å². The standard InChI is InChI=1S/C22H23N5O3/c23-20(28)19-12-18(26-27(19)17-7-2-1-3-8-17)22(30)24-13-14-5-4-6-16(11-14)25-21(29)15-9-10-15/h1-8,11,15,19H,9-10,12-13H2,(H2,23,28)(H,24,30)(H,25,29). The zero-order chi connectivity index (χ0) is 21.1. The molecule has 4 rings (SSSR count). The molecular weight excluding hydrogens is 382 g/mol. The number of nitrogens with two attached hydrogens (primary N) is 1. The Labute approximate surface area is 174 Å². The number of hydrazone groups is 1. The van der Waals surface area contributed by atoms with E-state index in [0.29, 0.717) is 11.4 Å². The second kappa shape index (κ2) is 8.36. The number of carbonyl (C=O) groups is 3. The molecule has 1 aliphatic carbocycles. The largest absolute Gasteiger partial charge is 0.368 e. The van der Waals surface area contributed by atoms with Crippen LogP contribution in [0.25, 0.3) is 0 Å². The first-order valence-corrected chi connectivity index (χ1v) is 9.90. The molecule has 1 heterocycles. The number of benzene rings is 2. The van der Waals surface area contributed by atoms with Gasteiger partial charge in [-0.3, -0.25) is 19.4 Å². The lowest BCUT2D eigenvalue weighted by Gasteiger charge is -2.20. The van der Waals surface area contributed by atoms with Gasteiger partial charge in [-0.2, -0.15) is 5.10 Å². The monoisotopic (exact) mass is 405 g/mol. The zero-order valence-corrected chi connectivity index (χ0v) is 16.4. The summed E-state index contributed by atoms with van der Waals surface area (Å²) in [6, 6.07) is 15.8. The third-order valence-electron chi connectivity index (χ3n) is 5.12. The van der Waals surface area contributed by atoms with Crippen molar-refractivity contribution in [3.63, 3.8) is 0 Å². The second-order valence-corrected chi connectivity index (χ2v) is 7.50. The molecule has 0 spiro atoms. The summed E-state index contributed by atoms with van der Waals surface area (Å²) in [5.41, 5.74) is 8.02. The lowest BCUT2D eigenvalue weighted by molar-refractivity contribution is -0.119. The van der Waals surface area contributed by atoms with Crippen molar-refractivity contribution >= 4 is 34.8 Å². The first kappa shape index (κ1) is 19.6. The number of amides is 3. The fraction of sp³-hybridized carbons (Fsp3) is 0.273. The van der Waals surface area contributed by atoms with Crippen LogP contribution in [0.4, 0.5) is 11.4 Å². The molecule has 1 aliphatic heterocycles. The number of nitrogens with zero attached hydrogens (tertiary/aromatic N) is 2. The fourth-order valence-electron chi connectivity index (χ4n) is 3.32. The van der Waals surface area contributed by atoms with Gasteiger partial charge in [0.15, 0.2) is 0 Å². The molecule has 154 valence electrons. The van der Waals surface area contributed by atoms with Crippen LogP contribution in [-0.4, -0.2) is 29.5 Å². The molecule has 0 radical (unpaired) electrons. The third-order valence-corrected chi connectivity index (χ3v) is 5.12. The number of nitrogens with one attached hydrogen (secondary N) is 2. The highest BCUT2D eigenvalue weighted by Gasteiger charge is 2.34. The molecule has 8 nitrogen and oxygen atoms in total. The minimum Gasteiger partial charge on any atom is -0.368 e. The van der Waals surface area contributed by atoms with E-state index in [1.165, 1.54) is 5.01 Å². The molecule has 8 heteroatoms. The van der Waals surface area contributed by atoms with Crippen molar-refractivity contribution in [2.45, 2.75) is 31.8 Å². The summed E-state index contributed by atoms with van der Waals surface area (Å²) in [6.45, 7) is 0.275. The van der Waals surface area contributed by atoms with Crippen LogP contribution in [0.3, 0.4) is 0 Å². The van der Waals surface area contributed by atoms with Crippen molar-refractivity contribution in [2.24, 2.45) is 16.8 Å². The van der Waals surface area contributed by atoms with E-state index in [-0.39, 0.29) is 36.4 Å². The number of hydrogen-bond donors (Lipinski definition) is 3. The van der Waals surface area contributed by atoms with E-state index in [0.717, 1.165) is 18.4 Å². The molecule has 0 bridgehead atoms. The van der Waals surface area contributed by atoms with Crippen molar-refractivity contribution in [3.8, 4) is 0 Å². The molecule has 1 atom stereocenters. The van der Waals surface area contributed by atoms with Gasteiger partial charge in [0.05, 0.1) is 5.69 Å². The van der Waals surface area contributed by atoms with Gasteiger partial charge in [-0.15, -0.1) is 0 Å². The topological polar surface area (TPSA) is 117 Å². The molecule has 3 amide bonds. The highest BCUT2D eigenvalue weighted by molar-refractivity contribution is 6.40. The first-order valence-electron chi connectivity index (χ1n) is 9.90. The summed E-state index contributed by atoms with van der Waals surface area (Å²) in [7, 11) is 0. The zero-order valence-electron chi connectivity index (χ0n) is 16.4. The Morgan fingerprint density at radius 1 is 1.07 bits per heavy atom. The first-order chi connectivity index (χ1) is 14.5. The van der Waals surface area contributed by atoms with Crippen LogP contribution in [0.1, 0.15) is 24.8 Å². The summed E-state index contributed by atoms with van der Waals surface area (Å²) < 4.78 is 0. The number of para-hydroxylation sites is 1. The lowest BCUT2D eigenvalue weighted by atomic mass is 10.1. The van der Waals surface area contributed by atoms with E-state index in [1.807, 2.05) is 54.6 Å². The molecular formula is C22H23N5O3.